The summed E-state index contributed by atoms with van der Waals surface area (Å²) in [5.41, 5.74) is 9.48. The Hall–Kier alpha value is -1.55. The van der Waals surface area contributed by atoms with Crippen LogP contribution in [0.2, 0.25) is 0 Å². The van der Waals surface area contributed by atoms with Crippen LogP contribution in [0.5, 0.6) is 0 Å². The number of aromatic nitrogens is 2. The van der Waals surface area contributed by atoms with Crippen LogP contribution in [0, 0.1) is 0 Å². The van der Waals surface area contributed by atoms with Crippen LogP contribution in [0.25, 0.3) is 11.0 Å². The Kier molecular flexibility index (Phi) is 3.89. The van der Waals surface area contributed by atoms with Crippen LogP contribution in [0.4, 0.5) is 5.69 Å². The van der Waals surface area contributed by atoms with Crippen molar-refractivity contribution in [2.45, 2.75) is 64.0 Å². The molecule has 0 bridgehead atoms. The van der Waals surface area contributed by atoms with E-state index in [2.05, 4.69) is 55.9 Å². The summed E-state index contributed by atoms with van der Waals surface area (Å²) in [6, 6.07) is 7.46. The van der Waals surface area contributed by atoms with Crippen LogP contribution < -0.4 is 11.1 Å². The van der Waals surface area contributed by atoms with Gasteiger partial charge >= 0.3 is 0 Å². The summed E-state index contributed by atoms with van der Waals surface area (Å²) in [5.74, 6) is 1.13. The molecule has 4 nitrogen and oxygen atoms in total. The van der Waals surface area contributed by atoms with Gasteiger partial charge in [0.05, 0.1) is 11.0 Å². The molecule has 0 radical (unpaired) electrons. The van der Waals surface area contributed by atoms with Gasteiger partial charge in [-0.3, -0.25) is 0 Å². The van der Waals surface area contributed by atoms with E-state index in [9.17, 15) is 0 Å². The first-order valence-corrected chi connectivity index (χ1v) is 8.33. The molecule has 1 aliphatic carbocycles. The number of anilines is 1. The maximum Gasteiger partial charge on any atom is 0.115 e. The van der Waals surface area contributed by atoms with Gasteiger partial charge in [-0.2, -0.15) is 0 Å². The molecule has 0 amide bonds. The van der Waals surface area contributed by atoms with Gasteiger partial charge in [-0.25, -0.2) is 4.98 Å². The fourth-order valence-corrected chi connectivity index (χ4v) is 3.46. The minimum absolute atomic E-state index is 0.0564. The zero-order chi connectivity index (χ0) is 15.9. The van der Waals surface area contributed by atoms with Gasteiger partial charge in [0.1, 0.15) is 5.82 Å². The number of fused-ring (bicyclic) bond motifs is 1. The van der Waals surface area contributed by atoms with Crippen molar-refractivity contribution in [1.82, 2.24) is 9.55 Å². The smallest absolute Gasteiger partial charge is 0.115 e. The molecule has 4 heteroatoms. The lowest BCUT2D eigenvalue weighted by Crippen LogP contribution is -2.32. The lowest BCUT2D eigenvalue weighted by atomic mass is 9.91. The molecular formula is C18H28N4. The number of nitrogens with zero attached hydrogens (tertiary/aromatic N) is 2. The van der Waals surface area contributed by atoms with Gasteiger partial charge in [0.15, 0.2) is 0 Å². The number of aryl methyl sites for hydroxylation is 1. The standard InChI is InChI=1S/C18H28N4/c1-18(2,3)17-21-15-11-14(9-10-16(15)22(17)4)20-13-7-5-12(19)6-8-13/h9-13,20H,5-8,19H2,1-4H3. The normalized spacial score (nSPS) is 23.0. The highest BCUT2D eigenvalue weighted by molar-refractivity contribution is 5.80. The Morgan fingerprint density at radius 3 is 2.50 bits per heavy atom. The molecule has 1 heterocycles. The fraction of sp³-hybridized carbons (Fsp3) is 0.611. The predicted molar refractivity (Wildman–Crippen MR) is 93.3 cm³/mol. The fourth-order valence-electron chi connectivity index (χ4n) is 3.46. The second-order valence-corrected chi connectivity index (χ2v) is 7.70. The Balaban J connectivity index is 1.84. The average Bonchev–Trinajstić information content (AvgIpc) is 2.78. The molecule has 3 N–H and O–H groups in total. The van der Waals surface area contributed by atoms with E-state index in [1.807, 2.05) is 0 Å². The van der Waals surface area contributed by atoms with Gasteiger partial charge in [-0.1, -0.05) is 20.8 Å². The Bertz CT molecular complexity index is 658. The van der Waals surface area contributed by atoms with Crippen LogP contribution in [-0.4, -0.2) is 21.6 Å². The van der Waals surface area contributed by atoms with Crippen molar-refractivity contribution in [3.05, 3.63) is 24.0 Å². The zero-order valence-electron chi connectivity index (χ0n) is 14.2. The molecule has 0 unspecified atom stereocenters. The van der Waals surface area contributed by atoms with Gasteiger partial charge in [-0.15, -0.1) is 0 Å². The third-order valence-corrected chi connectivity index (χ3v) is 4.69. The number of rotatable bonds is 2. The Morgan fingerprint density at radius 1 is 1.18 bits per heavy atom. The summed E-state index contributed by atoms with van der Waals surface area (Å²) >= 11 is 0. The third kappa shape index (κ3) is 2.98. The molecule has 22 heavy (non-hydrogen) atoms. The topological polar surface area (TPSA) is 55.9 Å². The van der Waals surface area contributed by atoms with E-state index in [1.165, 1.54) is 11.2 Å². The number of benzene rings is 1. The minimum Gasteiger partial charge on any atom is -0.382 e. The maximum atomic E-state index is 5.98. The second kappa shape index (κ2) is 5.58. The molecule has 1 aliphatic rings. The van der Waals surface area contributed by atoms with E-state index < -0.39 is 0 Å². The molecule has 120 valence electrons. The number of nitrogens with two attached hydrogens (primary N) is 1. The molecule has 0 saturated heterocycles. The lowest BCUT2D eigenvalue weighted by molar-refractivity contribution is 0.411. The number of hydrogen-bond donors (Lipinski definition) is 2. The van der Waals surface area contributed by atoms with Crippen molar-refractivity contribution in [2.75, 3.05) is 5.32 Å². The largest absolute Gasteiger partial charge is 0.382 e. The molecule has 1 aromatic carbocycles. The van der Waals surface area contributed by atoms with Crippen molar-refractivity contribution >= 4 is 16.7 Å². The Morgan fingerprint density at radius 2 is 1.86 bits per heavy atom. The van der Waals surface area contributed by atoms with Crippen molar-refractivity contribution in [3.63, 3.8) is 0 Å². The van der Waals surface area contributed by atoms with Crippen LogP contribution in [0.1, 0.15) is 52.3 Å². The van der Waals surface area contributed by atoms with Crippen molar-refractivity contribution in [1.29, 1.82) is 0 Å². The number of hydrogen-bond acceptors (Lipinski definition) is 3. The molecule has 0 spiro atoms. The second-order valence-electron chi connectivity index (χ2n) is 7.70. The van der Waals surface area contributed by atoms with E-state index in [4.69, 9.17) is 10.7 Å². The summed E-state index contributed by atoms with van der Waals surface area (Å²) in [6.07, 6.45) is 4.57. The van der Waals surface area contributed by atoms with Crippen LogP contribution in [0.15, 0.2) is 18.2 Å². The summed E-state index contributed by atoms with van der Waals surface area (Å²) in [4.78, 5) is 4.85. The van der Waals surface area contributed by atoms with Gasteiger partial charge in [0.2, 0.25) is 0 Å². The first kappa shape index (κ1) is 15.3. The highest BCUT2D eigenvalue weighted by Gasteiger charge is 2.22. The lowest BCUT2D eigenvalue weighted by Gasteiger charge is -2.27. The molecule has 1 aromatic heterocycles. The number of nitrogens with one attached hydrogen (secondary N) is 1. The zero-order valence-corrected chi connectivity index (χ0v) is 14.2. The summed E-state index contributed by atoms with van der Waals surface area (Å²) in [7, 11) is 2.10. The number of imidazole rings is 1. The van der Waals surface area contributed by atoms with Crippen molar-refractivity contribution in [2.24, 2.45) is 12.8 Å². The highest BCUT2D eigenvalue weighted by Crippen LogP contribution is 2.28. The SMILES string of the molecule is Cn1c(C(C)(C)C)nc2cc(NC3CCC(N)CC3)ccc21. The molecular weight excluding hydrogens is 272 g/mol. The minimum atomic E-state index is 0.0564. The maximum absolute atomic E-state index is 5.98. The quantitative estimate of drug-likeness (QED) is 0.891. The van der Waals surface area contributed by atoms with Gasteiger partial charge < -0.3 is 15.6 Å². The van der Waals surface area contributed by atoms with E-state index in [0.717, 1.165) is 37.0 Å². The van der Waals surface area contributed by atoms with Crippen LogP contribution >= 0.6 is 0 Å². The van der Waals surface area contributed by atoms with Gasteiger partial charge in [0.25, 0.3) is 0 Å². The molecule has 1 saturated carbocycles. The van der Waals surface area contributed by atoms with E-state index in [0.29, 0.717) is 12.1 Å². The Labute approximate surface area is 133 Å². The molecule has 3 rings (SSSR count). The van der Waals surface area contributed by atoms with Gasteiger partial charge in [0, 0.05) is 30.2 Å². The van der Waals surface area contributed by atoms with E-state index in [-0.39, 0.29) is 5.41 Å². The van der Waals surface area contributed by atoms with Crippen LogP contribution in [-0.2, 0) is 12.5 Å². The first-order chi connectivity index (χ1) is 10.3. The molecule has 0 aliphatic heterocycles. The van der Waals surface area contributed by atoms with Crippen LogP contribution in [0.3, 0.4) is 0 Å². The van der Waals surface area contributed by atoms with Crippen molar-refractivity contribution in [3.8, 4) is 0 Å². The monoisotopic (exact) mass is 300 g/mol. The molecule has 2 aromatic rings. The molecule has 1 fully saturated rings. The van der Waals surface area contributed by atoms with E-state index in [1.54, 1.807) is 0 Å². The third-order valence-electron chi connectivity index (χ3n) is 4.69. The van der Waals surface area contributed by atoms with E-state index >= 15 is 0 Å². The van der Waals surface area contributed by atoms with Crippen molar-refractivity contribution < 1.29 is 0 Å². The summed E-state index contributed by atoms with van der Waals surface area (Å²) in [5, 5.41) is 3.66. The predicted octanol–water partition coefficient (Wildman–Crippen LogP) is 3.55. The first-order valence-electron chi connectivity index (χ1n) is 8.33. The highest BCUT2D eigenvalue weighted by atomic mass is 15.1. The van der Waals surface area contributed by atoms with Gasteiger partial charge in [-0.05, 0) is 43.9 Å². The average molecular weight is 300 g/mol. The summed E-state index contributed by atoms with van der Waals surface area (Å²) in [6.45, 7) is 6.62. The molecule has 0 atom stereocenters. The summed E-state index contributed by atoms with van der Waals surface area (Å²) < 4.78 is 2.21.